The van der Waals surface area contributed by atoms with Crippen molar-refractivity contribution in [3.8, 4) is 5.06 Å². The maximum Gasteiger partial charge on any atom is 0.261 e. The van der Waals surface area contributed by atoms with Crippen LogP contribution in [0.15, 0.2) is 42.5 Å². The van der Waals surface area contributed by atoms with Gasteiger partial charge in [0, 0.05) is 38.5 Å². The van der Waals surface area contributed by atoms with Crippen LogP contribution in [0.25, 0.3) is 0 Å². The molecule has 1 saturated heterocycles. The average molecular weight is 506 g/mol. The highest BCUT2D eigenvalue weighted by atomic mass is 35.5. The molecule has 1 aliphatic heterocycles. The van der Waals surface area contributed by atoms with Crippen molar-refractivity contribution in [2.75, 3.05) is 45.3 Å². The SMILES string of the molecule is COCC1C(=O)N(CC2CCC(Nc3ccccc3)CC2)CCN1C(=O)COc1ccc(Cl)s1. The molecule has 1 unspecified atom stereocenters. The molecule has 2 fully saturated rings. The summed E-state index contributed by atoms with van der Waals surface area (Å²) in [5.74, 6) is 0.229. The number of rotatable bonds is 9. The van der Waals surface area contributed by atoms with Gasteiger partial charge in [-0.05, 0) is 55.9 Å². The number of ether oxygens (including phenoxy) is 2. The van der Waals surface area contributed by atoms with Crippen molar-refractivity contribution in [2.24, 2.45) is 5.92 Å². The molecule has 184 valence electrons. The summed E-state index contributed by atoms with van der Waals surface area (Å²) < 4.78 is 11.5. The van der Waals surface area contributed by atoms with Gasteiger partial charge in [0.15, 0.2) is 11.7 Å². The number of methoxy groups -OCH3 is 1. The second-order valence-electron chi connectivity index (χ2n) is 8.92. The average Bonchev–Trinajstić information content (AvgIpc) is 3.27. The van der Waals surface area contributed by atoms with E-state index in [2.05, 4.69) is 17.4 Å². The number of thiophene rings is 1. The first kappa shape index (κ1) is 24.8. The third kappa shape index (κ3) is 6.43. The quantitative estimate of drug-likeness (QED) is 0.554. The number of anilines is 1. The van der Waals surface area contributed by atoms with E-state index in [0.29, 0.717) is 34.4 Å². The fourth-order valence-corrected chi connectivity index (χ4v) is 5.67. The molecule has 0 spiro atoms. The number of nitrogens with one attached hydrogen (secondary N) is 1. The Bertz CT molecular complexity index is 949. The molecule has 1 aliphatic carbocycles. The molecule has 0 radical (unpaired) electrons. The standard InChI is InChI=1S/C25H32ClN3O4S/c1-32-16-21-25(31)28(13-14-29(21)23(30)17-33-24-12-11-22(26)34-24)15-18-7-9-20(10-8-18)27-19-5-3-2-4-6-19/h2-6,11-12,18,20-21,27H,7-10,13-17H2,1H3. The van der Waals surface area contributed by atoms with Gasteiger partial charge in [-0.2, -0.15) is 0 Å². The van der Waals surface area contributed by atoms with Gasteiger partial charge in [0.05, 0.1) is 10.9 Å². The molecule has 7 nitrogen and oxygen atoms in total. The van der Waals surface area contributed by atoms with E-state index in [-0.39, 0.29) is 25.0 Å². The lowest BCUT2D eigenvalue weighted by Crippen LogP contribution is -2.61. The predicted octanol–water partition coefficient (Wildman–Crippen LogP) is 4.14. The number of halogens is 1. The van der Waals surface area contributed by atoms with Gasteiger partial charge < -0.3 is 24.6 Å². The van der Waals surface area contributed by atoms with Crippen molar-refractivity contribution in [3.63, 3.8) is 0 Å². The summed E-state index contributed by atoms with van der Waals surface area (Å²) in [6, 6.07) is 13.6. The summed E-state index contributed by atoms with van der Waals surface area (Å²) in [7, 11) is 1.56. The minimum Gasteiger partial charge on any atom is -0.474 e. The number of carbonyl (C=O) groups is 2. The molecule has 2 aliphatic rings. The summed E-state index contributed by atoms with van der Waals surface area (Å²) >= 11 is 7.20. The number of piperazine rings is 1. The van der Waals surface area contributed by atoms with Gasteiger partial charge in [0.25, 0.3) is 5.91 Å². The second kappa shape index (κ2) is 11.9. The van der Waals surface area contributed by atoms with E-state index in [1.807, 2.05) is 23.1 Å². The second-order valence-corrected chi connectivity index (χ2v) is 10.6. The zero-order valence-electron chi connectivity index (χ0n) is 19.5. The molecule has 1 saturated carbocycles. The van der Waals surface area contributed by atoms with Gasteiger partial charge in [-0.1, -0.05) is 41.1 Å². The van der Waals surface area contributed by atoms with E-state index < -0.39 is 6.04 Å². The van der Waals surface area contributed by atoms with Crippen LogP contribution >= 0.6 is 22.9 Å². The molecule has 34 heavy (non-hydrogen) atoms. The van der Waals surface area contributed by atoms with Crippen molar-refractivity contribution in [1.29, 1.82) is 0 Å². The Morgan fingerprint density at radius 2 is 1.88 bits per heavy atom. The lowest BCUT2D eigenvalue weighted by atomic mass is 9.85. The Labute approximate surface area is 210 Å². The Morgan fingerprint density at radius 1 is 1.12 bits per heavy atom. The highest BCUT2D eigenvalue weighted by Crippen LogP contribution is 2.29. The van der Waals surface area contributed by atoms with E-state index >= 15 is 0 Å². The van der Waals surface area contributed by atoms with Crippen LogP contribution in [0, 0.1) is 5.92 Å². The molecule has 9 heteroatoms. The maximum atomic E-state index is 13.3. The largest absolute Gasteiger partial charge is 0.474 e. The summed E-state index contributed by atoms with van der Waals surface area (Å²) in [6.07, 6.45) is 4.36. The Balaban J connectivity index is 1.27. The maximum absolute atomic E-state index is 13.3. The molecule has 2 amide bonds. The fourth-order valence-electron chi connectivity index (χ4n) is 4.80. The minimum atomic E-state index is -0.613. The van der Waals surface area contributed by atoms with Crippen molar-refractivity contribution in [1.82, 2.24) is 9.80 Å². The van der Waals surface area contributed by atoms with Crippen molar-refractivity contribution >= 4 is 40.4 Å². The zero-order chi connectivity index (χ0) is 23.9. The van der Waals surface area contributed by atoms with Gasteiger partial charge in [-0.3, -0.25) is 9.59 Å². The van der Waals surface area contributed by atoms with Crippen molar-refractivity contribution < 1.29 is 19.1 Å². The third-order valence-corrected chi connectivity index (χ3v) is 7.73. The molecular formula is C25H32ClN3O4S. The lowest BCUT2D eigenvalue weighted by molar-refractivity contribution is -0.155. The molecule has 2 heterocycles. The van der Waals surface area contributed by atoms with E-state index in [0.717, 1.165) is 37.9 Å². The molecule has 0 bridgehead atoms. The van der Waals surface area contributed by atoms with Gasteiger partial charge >= 0.3 is 0 Å². The lowest BCUT2D eigenvalue weighted by Gasteiger charge is -2.42. The molecule has 1 atom stereocenters. The first-order valence-electron chi connectivity index (χ1n) is 11.8. The first-order valence-corrected chi connectivity index (χ1v) is 13.0. The number of para-hydroxylation sites is 1. The summed E-state index contributed by atoms with van der Waals surface area (Å²) in [5, 5.41) is 4.21. The molecule has 1 aromatic heterocycles. The van der Waals surface area contributed by atoms with Crippen LogP contribution in [0.1, 0.15) is 25.7 Å². The number of benzene rings is 1. The van der Waals surface area contributed by atoms with Crippen LogP contribution in [0.4, 0.5) is 5.69 Å². The van der Waals surface area contributed by atoms with E-state index in [1.165, 1.54) is 11.3 Å². The number of carbonyl (C=O) groups excluding carboxylic acids is 2. The fraction of sp³-hybridized carbons (Fsp3) is 0.520. The molecular weight excluding hydrogens is 474 g/mol. The number of hydrogen-bond donors (Lipinski definition) is 1. The van der Waals surface area contributed by atoms with E-state index in [9.17, 15) is 9.59 Å². The topological polar surface area (TPSA) is 71.1 Å². The monoisotopic (exact) mass is 505 g/mol. The number of hydrogen-bond acceptors (Lipinski definition) is 6. The normalized spacial score (nSPS) is 23.1. The molecule has 1 aromatic carbocycles. The van der Waals surface area contributed by atoms with Gasteiger partial charge in [-0.25, -0.2) is 0 Å². The van der Waals surface area contributed by atoms with Crippen molar-refractivity contribution in [2.45, 2.75) is 37.8 Å². The Kier molecular flexibility index (Phi) is 8.69. The Morgan fingerprint density at radius 3 is 2.56 bits per heavy atom. The van der Waals surface area contributed by atoms with Crippen LogP contribution in [0.3, 0.4) is 0 Å². The van der Waals surface area contributed by atoms with Crippen LogP contribution in [0.5, 0.6) is 5.06 Å². The number of nitrogens with zero attached hydrogens (tertiary/aromatic N) is 2. The van der Waals surface area contributed by atoms with Crippen LogP contribution in [0.2, 0.25) is 4.34 Å². The third-order valence-electron chi connectivity index (χ3n) is 6.59. The molecule has 4 rings (SSSR count). The van der Waals surface area contributed by atoms with Crippen LogP contribution in [-0.2, 0) is 14.3 Å². The smallest absolute Gasteiger partial charge is 0.261 e. The zero-order valence-corrected chi connectivity index (χ0v) is 21.0. The highest BCUT2D eigenvalue weighted by Gasteiger charge is 2.38. The first-order chi connectivity index (χ1) is 16.5. The summed E-state index contributed by atoms with van der Waals surface area (Å²) in [5.41, 5.74) is 1.16. The van der Waals surface area contributed by atoms with Gasteiger partial charge in [0.1, 0.15) is 6.04 Å². The van der Waals surface area contributed by atoms with E-state index in [1.54, 1.807) is 24.1 Å². The van der Waals surface area contributed by atoms with Gasteiger partial charge in [-0.15, -0.1) is 0 Å². The van der Waals surface area contributed by atoms with Crippen molar-refractivity contribution in [3.05, 3.63) is 46.8 Å². The summed E-state index contributed by atoms with van der Waals surface area (Å²) in [6.45, 7) is 1.82. The van der Waals surface area contributed by atoms with E-state index in [4.69, 9.17) is 21.1 Å². The predicted molar refractivity (Wildman–Crippen MR) is 135 cm³/mol. The Hall–Kier alpha value is -2.29. The molecule has 2 aromatic rings. The van der Waals surface area contributed by atoms with Gasteiger partial charge in [0.2, 0.25) is 5.91 Å². The van der Waals surface area contributed by atoms with Crippen LogP contribution in [-0.4, -0.2) is 73.7 Å². The number of amides is 2. The van der Waals surface area contributed by atoms with Crippen LogP contribution < -0.4 is 10.1 Å². The molecule has 1 N–H and O–H groups in total. The minimum absolute atomic E-state index is 0.0369. The summed E-state index contributed by atoms with van der Waals surface area (Å²) in [4.78, 5) is 29.6. The highest BCUT2D eigenvalue weighted by molar-refractivity contribution is 7.17.